The monoisotopic (exact) mass is 361 g/mol. The SMILES string of the molecule is COc1ccc(/C=C2/SC(=O)N(c3cccc(Cl)c3)C2=O)cc1O. The zero-order valence-electron chi connectivity index (χ0n) is 12.5. The second kappa shape index (κ2) is 6.59. The second-order valence-corrected chi connectivity index (χ2v) is 6.36. The maximum atomic E-state index is 12.5. The molecule has 0 saturated carbocycles. The van der Waals surface area contributed by atoms with Crippen LogP contribution >= 0.6 is 23.4 Å². The molecule has 1 fully saturated rings. The van der Waals surface area contributed by atoms with Crippen LogP contribution in [0.2, 0.25) is 5.02 Å². The first-order chi connectivity index (χ1) is 11.5. The number of halogens is 1. The third kappa shape index (κ3) is 3.11. The molecular weight excluding hydrogens is 350 g/mol. The molecule has 1 heterocycles. The minimum Gasteiger partial charge on any atom is -0.504 e. The molecule has 122 valence electrons. The first-order valence-electron chi connectivity index (χ1n) is 6.90. The lowest BCUT2D eigenvalue weighted by Gasteiger charge is -2.12. The quantitative estimate of drug-likeness (QED) is 0.826. The van der Waals surface area contributed by atoms with Gasteiger partial charge in [0.2, 0.25) is 0 Å². The molecule has 7 heteroatoms. The Kier molecular flexibility index (Phi) is 4.51. The average molecular weight is 362 g/mol. The highest BCUT2D eigenvalue weighted by molar-refractivity contribution is 8.19. The van der Waals surface area contributed by atoms with Gasteiger partial charge in [-0.2, -0.15) is 0 Å². The number of phenols is 1. The van der Waals surface area contributed by atoms with Crippen LogP contribution in [-0.2, 0) is 4.79 Å². The minimum atomic E-state index is -0.428. The highest BCUT2D eigenvalue weighted by Gasteiger charge is 2.36. The average Bonchev–Trinajstić information content (AvgIpc) is 2.81. The third-order valence-electron chi connectivity index (χ3n) is 3.36. The summed E-state index contributed by atoms with van der Waals surface area (Å²) < 4.78 is 4.98. The molecule has 24 heavy (non-hydrogen) atoms. The minimum absolute atomic E-state index is 0.0414. The number of imide groups is 1. The lowest BCUT2D eigenvalue weighted by atomic mass is 10.2. The van der Waals surface area contributed by atoms with Crippen LogP contribution in [-0.4, -0.2) is 23.4 Å². The Balaban J connectivity index is 1.92. The molecule has 0 radical (unpaired) electrons. The van der Waals surface area contributed by atoms with Crippen molar-refractivity contribution in [3.8, 4) is 11.5 Å². The summed E-state index contributed by atoms with van der Waals surface area (Å²) >= 11 is 6.76. The van der Waals surface area contributed by atoms with Gasteiger partial charge in [-0.05, 0) is 53.7 Å². The van der Waals surface area contributed by atoms with Gasteiger partial charge in [-0.25, -0.2) is 4.90 Å². The molecule has 0 bridgehead atoms. The van der Waals surface area contributed by atoms with Gasteiger partial charge in [-0.15, -0.1) is 0 Å². The number of carbonyl (C=O) groups excluding carboxylic acids is 2. The van der Waals surface area contributed by atoms with Crippen LogP contribution in [0.1, 0.15) is 5.56 Å². The van der Waals surface area contributed by atoms with E-state index >= 15 is 0 Å². The summed E-state index contributed by atoms with van der Waals surface area (Å²) in [6.45, 7) is 0. The summed E-state index contributed by atoms with van der Waals surface area (Å²) in [5, 5.41) is 9.85. The smallest absolute Gasteiger partial charge is 0.298 e. The van der Waals surface area contributed by atoms with E-state index in [9.17, 15) is 14.7 Å². The van der Waals surface area contributed by atoms with E-state index in [4.69, 9.17) is 16.3 Å². The fourth-order valence-electron chi connectivity index (χ4n) is 2.25. The number of phenolic OH excluding ortho intramolecular Hbond substituents is 1. The van der Waals surface area contributed by atoms with E-state index < -0.39 is 11.1 Å². The number of carbonyl (C=O) groups is 2. The van der Waals surface area contributed by atoms with Gasteiger partial charge < -0.3 is 9.84 Å². The van der Waals surface area contributed by atoms with Crippen molar-refractivity contribution in [2.75, 3.05) is 12.0 Å². The molecule has 2 aromatic rings. The highest BCUT2D eigenvalue weighted by Crippen LogP contribution is 2.37. The standard InChI is InChI=1S/C17H12ClNO4S/c1-23-14-6-5-10(7-13(14)20)8-15-16(21)19(17(22)24-15)12-4-2-3-11(18)9-12/h2-9,20H,1H3/b15-8+. The van der Waals surface area contributed by atoms with E-state index in [1.807, 2.05) is 0 Å². The normalized spacial score (nSPS) is 16.1. The van der Waals surface area contributed by atoms with Crippen LogP contribution in [0.3, 0.4) is 0 Å². The van der Waals surface area contributed by atoms with Gasteiger partial charge >= 0.3 is 0 Å². The van der Waals surface area contributed by atoms with Crippen LogP contribution in [0, 0.1) is 0 Å². The van der Waals surface area contributed by atoms with E-state index in [2.05, 4.69) is 0 Å². The molecule has 0 spiro atoms. The molecule has 3 rings (SSSR count). The number of benzene rings is 2. The predicted octanol–water partition coefficient (Wildman–Crippen LogP) is 4.30. The summed E-state index contributed by atoms with van der Waals surface area (Å²) in [6.07, 6.45) is 1.55. The first-order valence-corrected chi connectivity index (χ1v) is 8.09. The van der Waals surface area contributed by atoms with Crippen molar-refractivity contribution in [3.63, 3.8) is 0 Å². The molecule has 1 N–H and O–H groups in total. The summed E-state index contributed by atoms with van der Waals surface area (Å²) in [5.41, 5.74) is 1.01. The summed E-state index contributed by atoms with van der Waals surface area (Å²) in [5.74, 6) is -0.137. The van der Waals surface area contributed by atoms with E-state index in [0.717, 1.165) is 16.7 Å². The van der Waals surface area contributed by atoms with Crippen molar-refractivity contribution in [2.24, 2.45) is 0 Å². The Morgan fingerprint density at radius 3 is 2.67 bits per heavy atom. The first kappa shape index (κ1) is 16.4. The van der Waals surface area contributed by atoms with Crippen LogP contribution < -0.4 is 9.64 Å². The molecule has 0 atom stereocenters. The van der Waals surface area contributed by atoms with E-state index in [0.29, 0.717) is 22.0 Å². The molecule has 1 saturated heterocycles. The van der Waals surface area contributed by atoms with Gasteiger partial charge in [0.25, 0.3) is 11.1 Å². The molecule has 2 amide bonds. The summed E-state index contributed by atoms with van der Waals surface area (Å²) in [6, 6.07) is 11.3. The molecule has 0 aliphatic carbocycles. The molecule has 1 aliphatic heterocycles. The topological polar surface area (TPSA) is 66.8 Å². The van der Waals surface area contributed by atoms with Crippen LogP contribution in [0.5, 0.6) is 11.5 Å². The van der Waals surface area contributed by atoms with Crippen molar-refractivity contribution < 1.29 is 19.4 Å². The largest absolute Gasteiger partial charge is 0.504 e. The highest BCUT2D eigenvalue weighted by atomic mass is 35.5. The van der Waals surface area contributed by atoms with Gasteiger partial charge in [0.15, 0.2) is 11.5 Å². The summed E-state index contributed by atoms with van der Waals surface area (Å²) in [7, 11) is 1.45. The van der Waals surface area contributed by atoms with Crippen LogP contribution in [0.25, 0.3) is 6.08 Å². The summed E-state index contributed by atoms with van der Waals surface area (Å²) in [4.78, 5) is 26.0. The van der Waals surface area contributed by atoms with Gasteiger partial charge in [0, 0.05) is 5.02 Å². The fourth-order valence-corrected chi connectivity index (χ4v) is 3.28. The lowest BCUT2D eigenvalue weighted by Crippen LogP contribution is -2.27. The zero-order valence-corrected chi connectivity index (χ0v) is 14.1. The number of hydrogen-bond acceptors (Lipinski definition) is 5. The van der Waals surface area contributed by atoms with Gasteiger partial charge in [0.05, 0.1) is 17.7 Å². The third-order valence-corrected chi connectivity index (χ3v) is 4.47. The van der Waals surface area contributed by atoms with Crippen LogP contribution in [0.15, 0.2) is 47.4 Å². The number of aromatic hydroxyl groups is 1. The molecule has 2 aromatic carbocycles. The zero-order chi connectivity index (χ0) is 17.3. The molecule has 5 nitrogen and oxygen atoms in total. The predicted molar refractivity (Wildman–Crippen MR) is 94.6 cm³/mol. The van der Waals surface area contributed by atoms with E-state index in [1.54, 1.807) is 42.5 Å². The lowest BCUT2D eigenvalue weighted by molar-refractivity contribution is -0.113. The maximum absolute atomic E-state index is 12.5. The van der Waals surface area contributed by atoms with E-state index in [-0.39, 0.29) is 10.7 Å². The molecule has 0 aromatic heterocycles. The van der Waals surface area contributed by atoms with Gasteiger partial charge in [-0.1, -0.05) is 23.7 Å². The Morgan fingerprint density at radius 1 is 1.21 bits per heavy atom. The number of methoxy groups -OCH3 is 1. The maximum Gasteiger partial charge on any atom is 0.298 e. The Morgan fingerprint density at radius 2 is 2.00 bits per heavy atom. The number of hydrogen-bond donors (Lipinski definition) is 1. The Bertz CT molecular complexity index is 865. The number of rotatable bonds is 3. The van der Waals surface area contributed by atoms with Gasteiger partial charge in [-0.3, -0.25) is 9.59 Å². The van der Waals surface area contributed by atoms with Crippen molar-refractivity contribution in [1.82, 2.24) is 0 Å². The Labute approximate surface area is 147 Å². The number of anilines is 1. The number of ether oxygens (including phenoxy) is 1. The number of thioether (sulfide) groups is 1. The van der Waals surface area contributed by atoms with Crippen molar-refractivity contribution in [2.45, 2.75) is 0 Å². The van der Waals surface area contributed by atoms with E-state index in [1.165, 1.54) is 13.2 Å². The molecule has 1 aliphatic rings. The van der Waals surface area contributed by atoms with Crippen molar-refractivity contribution in [3.05, 3.63) is 58.0 Å². The molecule has 0 unspecified atom stereocenters. The van der Waals surface area contributed by atoms with Crippen molar-refractivity contribution in [1.29, 1.82) is 0 Å². The van der Waals surface area contributed by atoms with Crippen LogP contribution in [0.4, 0.5) is 10.5 Å². The number of nitrogens with zero attached hydrogens (tertiary/aromatic N) is 1. The van der Waals surface area contributed by atoms with Gasteiger partial charge in [0.1, 0.15) is 0 Å². The van der Waals surface area contributed by atoms with Crippen molar-refractivity contribution >= 4 is 46.3 Å². The Hall–Kier alpha value is -2.44. The number of amides is 2. The second-order valence-electron chi connectivity index (χ2n) is 4.93. The molecular formula is C17H12ClNO4S. The fraction of sp³-hybridized carbons (Fsp3) is 0.0588.